The van der Waals surface area contributed by atoms with Crippen molar-refractivity contribution in [3.8, 4) is 0 Å². The molecule has 2 aliphatic rings. The summed E-state index contributed by atoms with van der Waals surface area (Å²) in [5.74, 6) is 0.123. The van der Waals surface area contributed by atoms with Crippen LogP contribution in [0.25, 0.3) is 0 Å². The zero-order chi connectivity index (χ0) is 9.47. The van der Waals surface area contributed by atoms with E-state index in [2.05, 4.69) is 0 Å². The topological polar surface area (TPSA) is 29.5 Å². The largest absolute Gasteiger partial charge is 0.273 e. The maximum atomic E-state index is 11.5. The second-order valence-electron chi connectivity index (χ2n) is 3.55. The maximum absolute atomic E-state index is 11.5. The molecule has 0 radical (unpaired) electrons. The Balaban J connectivity index is 1.79. The zero-order valence-electron chi connectivity index (χ0n) is 7.13. The fraction of sp³-hybridized carbons (Fsp3) is 0.875. The molecule has 0 N–H and O–H groups in total. The molecule has 74 valence electrons. The molecule has 0 aromatic rings. The van der Waals surface area contributed by atoms with Gasteiger partial charge in [0.25, 0.3) is 0 Å². The van der Waals surface area contributed by atoms with Gasteiger partial charge < -0.3 is 0 Å². The molecule has 2 rings (SSSR count). The van der Waals surface area contributed by atoms with E-state index in [0.717, 1.165) is 12.8 Å². The van der Waals surface area contributed by atoms with Crippen LogP contribution in [-0.4, -0.2) is 28.5 Å². The molecule has 0 spiro atoms. The molecule has 0 aromatic heterocycles. The van der Waals surface area contributed by atoms with Crippen LogP contribution in [0.4, 0.5) is 0 Å². The smallest absolute Gasteiger partial charge is 0.246 e. The van der Waals surface area contributed by atoms with E-state index in [-0.39, 0.29) is 11.8 Å². The molecule has 1 saturated heterocycles. The van der Waals surface area contributed by atoms with Crippen LogP contribution in [0.2, 0.25) is 0 Å². The number of alkyl halides is 2. The highest BCUT2D eigenvalue weighted by molar-refractivity contribution is 6.51. The van der Waals surface area contributed by atoms with E-state index < -0.39 is 4.33 Å². The fourth-order valence-electron chi connectivity index (χ4n) is 1.45. The normalized spacial score (nSPS) is 30.6. The van der Waals surface area contributed by atoms with Crippen molar-refractivity contribution in [2.45, 2.75) is 23.6 Å². The Bertz CT molecular complexity index is 226. The van der Waals surface area contributed by atoms with Crippen molar-refractivity contribution >= 4 is 29.1 Å². The van der Waals surface area contributed by atoms with Gasteiger partial charge in [0.1, 0.15) is 4.33 Å². The van der Waals surface area contributed by atoms with E-state index in [0.29, 0.717) is 19.6 Å². The average molecular weight is 224 g/mol. The Morgan fingerprint density at radius 3 is 2.77 bits per heavy atom. The standard InChI is InChI=1S/C8H11Cl2NO2/c9-8(10)5-6(8)4-7(12)11-2-1-3-13-11/h6H,1-5H2. The maximum Gasteiger partial charge on any atom is 0.246 e. The monoisotopic (exact) mass is 223 g/mol. The first-order valence-corrected chi connectivity index (χ1v) is 5.16. The zero-order valence-corrected chi connectivity index (χ0v) is 8.64. The van der Waals surface area contributed by atoms with E-state index >= 15 is 0 Å². The van der Waals surface area contributed by atoms with Crippen molar-refractivity contribution in [3.05, 3.63) is 0 Å². The lowest BCUT2D eigenvalue weighted by molar-refractivity contribution is -0.169. The van der Waals surface area contributed by atoms with Gasteiger partial charge in [-0.1, -0.05) is 0 Å². The number of halogens is 2. The van der Waals surface area contributed by atoms with Crippen LogP contribution in [0.3, 0.4) is 0 Å². The van der Waals surface area contributed by atoms with Crippen LogP contribution < -0.4 is 0 Å². The van der Waals surface area contributed by atoms with Gasteiger partial charge in [-0.2, -0.15) is 0 Å². The van der Waals surface area contributed by atoms with Gasteiger partial charge in [-0.25, -0.2) is 5.06 Å². The van der Waals surface area contributed by atoms with E-state index in [1.54, 1.807) is 0 Å². The van der Waals surface area contributed by atoms with Gasteiger partial charge in [0.05, 0.1) is 13.2 Å². The highest BCUT2D eigenvalue weighted by atomic mass is 35.5. The second-order valence-corrected chi connectivity index (χ2v) is 5.09. The van der Waals surface area contributed by atoms with Gasteiger partial charge >= 0.3 is 0 Å². The Morgan fingerprint density at radius 2 is 2.31 bits per heavy atom. The van der Waals surface area contributed by atoms with Gasteiger partial charge in [-0.05, 0) is 12.8 Å². The Morgan fingerprint density at radius 1 is 1.62 bits per heavy atom. The molecule has 1 atom stereocenters. The van der Waals surface area contributed by atoms with Gasteiger partial charge in [0, 0.05) is 12.3 Å². The van der Waals surface area contributed by atoms with Crippen molar-refractivity contribution in [1.82, 2.24) is 5.06 Å². The molecule has 1 aliphatic heterocycles. The quantitative estimate of drug-likeness (QED) is 0.668. The minimum atomic E-state index is -0.657. The lowest BCUT2D eigenvalue weighted by atomic mass is 10.3. The number of hydrogen-bond acceptors (Lipinski definition) is 2. The lowest BCUT2D eigenvalue weighted by Crippen LogP contribution is -2.27. The fourth-order valence-corrected chi connectivity index (χ4v) is 1.97. The van der Waals surface area contributed by atoms with Crippen molar-refractivity contribution in [3.63, 3.8) is 0 Å². The Kier molecular flexibility index (Phi) is 2.43. The summed E-state index contributed by atoms with van der Waals surface area (Å²) in [6, 6.07) is 0. The third-order valence-electron chi connectivity index (χ3n) is 2.41. The second kappa shape index (κ2) is 3.30. The molecule has 1 unspecified atom stereocenters. The number of amides is 1. The molecule has 0 aromatic carbocycles. The van der Waals surface area contributed by atoms with Crippen LogP contribution in [0, 0.1) is 5.92 Å². The van der Waals surface area contributed by atoms with Gasteiger partial charge in [0.15, 0.2) is 0 Å². The van der Waals surface area contributed by atoms with Crippen LogP contribution >= 0.6 is 23.2 Å². The Hall–Kier alpha value is 0.01000. The first kappa shape index (κ1) is 9.56. The highest BCUT2D eigenvalue weighted by Crippen LogP contribution is 2.55. The predicted molar refractivity (Wildman–Crippen MR) is 49.4 cm³/mol. The van der Waals surface area contributed by atoms with Crippen molar-refractivity contribution in [2.24, 2.45) is 5.92 Å². The van der Waals surface area contributed by atoms with E-state index in [4.69, 9.17) is 28.0 Å². The molecule has 0 bridgehead atoms. The number of carbonyl (C=O) groups excluding carboxylic acids is 1. The summed E-state index contributed by atoms with van der Waals surface area (Å²) in [5, 5.41) is 1.42. The Labute approximate surface area is 86.9 Å². The number of hydrogen-bond donors (Lipinski definition) is 0. The van der Waals surface area contributed by atoms with Gasteiger partial charge in [-0.3, -0.25) is 9.63 Å². The minimum absolute atomic E-state index is 0.00525. The lowest BCUT2D eigenvalue weighted by Gasteiger charge is -2.13. The molecule has 1 saturated carbocycles. The van der Waals surface area contributed by atoms with Crippen molar-refractivity contribution in [2.75, 3.05) is 13.2 Å². The van der Waals surface area contributed by atoms with Crippen LogP contribution in [0.5, 0.6) is 0 Å². The molecular formula is C8H11Cl2NO2. The SMILES string of the molecule is O=C(CC1CC1(Cl)Cl)N1CCCO1. The summed E-state index contributed by atoms with van der Waals surface area (Å²) in [6.07, 6.45) is 2.05. The summed E-state index contributed by atoms with van der Waals surface area (Å²) in [5.41, 5.74) is 0. The molecule has 3 nitrogen and oxygen atoms in total. The molecule has 1 aliphatic carbocycles. The molecule has 13 heavy (non-hydrogen) atoms. The minimum Gasteiger partial charge on any atom is -0.273 e. The first-order chi connectivity index (χ1) is 6.09. The number of hydroxylamine groups is 2. The number of carbonyl (C=O) groups is 1. The average Bonchev–Trinajstić information content (AvgIpc) is 2.58. The summed E-state index contributed by atoms with van der Waals surface area (Å²) in [6.45, 7) is 1.34. The molecule has 2 fully saturated rings. The molecule has 5 heteroatoms. The summed E-state index contributed by atoms with van der Waals surface area (Å²) < 4.78 is -0.657. The summed E-state index contributed by atoms with van der Waals surface area (Å²) in [4.78, 5) is 16.6. The molecule has 1 heterocycles. The van der Waals surface area contributed by atoms with Gasteiger partial charge in [0.2, 0.25) is 5.91 Å². The van der Waals surface area contributed by atoms with Crippen LogP contribution in [-0.2, 0) is 9.63 Å². The van der Waals surface area contributed by atoms with Crippen LogP contribution in [0.1, 0.15) is 19.3 Å². The van der Waals surface area contributed by atoms with Crippen molar-refractivity contribution < 1.29 is 9.63 Å². The number of nitrogens with zero attached hydrogens (tertiary/aromatic N) is 1. The highest BCUT2D eigenvalue weighted by Gasteiger charge is 2.52. The van der Waals surface area contributed by atoms with Crippen LogP contribution in [0.15, 0.2) is 0 Å². The summed E-state index contributed by atoms with van der Waals surface area (Å²) in [7, 11) is 0. The van der Waals surface area contributed by atoms with Crippen molar-refractivity contribution in [1.29, 1.82) is 0 Å². The van der Waals surface area contributed by atoms with E-state index in [9.17, 15) is 4.79 Å². The third kappa shape index (κ3) is 2.09. The van der Waals surface area contributed by atoms with E-state index in [1.807, 2.05) is 0 Å². The molecular weight excluding hydrogens is 213 g/mol. The van der Waals surface area contributed by atoms with Gasteiger partial charge in [-0.15, -0.1) is 23.2 Å². The predicted octanol–water partition coefficient (Wildman–Crippen LogP) is 1.73. The molecule has 1 amide bonds. The third-order valence-corrected chi connectivity index (χ3v) is 3.33. The summed E-state index contributed by atoms with van der Waals surface area (Å²) >= 11 is 11.6. The van der Waals surface area contributed by atoms with E-state index in [1.165, 1.54) is 5.06 Å². The first-order valence-electron chi connectivity index (χ1n) is 4.41. The number of rotatable bonds is 2.